The maximum atomic E-state index is 13.1. The number of benzene rings is 1. The molecule has 0 aliphatic carbocycles. The van der Waals surface area contributed by atoms with Crippen molar-refractivity contribution in [3.63, 3.8) is 0 Å². The number of likely N-dealkylation sites (tertiary alicyclic amines) is 1. The molecule has 1 aromatic carbocycles. The lowest BCUT2D eigenvalue weighted by Crippen LogP contribution is -2.49. The van der Waals surface area contributed by atoms with Gasteiger partial charge >= 0.3 is 0 Å². The predicted octanol–water partition coefficient (Wildman–Crippen LogP) is 2.53. The summed E-state index contributed by atoms with van der Waals surface area (Å²) in [6, 6.07) is 13.7. The third-order valence-corrected chi connectivity index (χ3v) is 6.15. The van der Waals surface area contributed by atoms with E-state index in [1.165, 1.54) is 0 Å². The number of aromatic nitrogens is 2. The first-order valence-corrected chi connectivity index (χ1v) is 9.60. The number of fused-ring (bicyclic) bond motifs is 5. The van der Waals surface area contributed by atoms with Crippen LogP contribution in [0, 0.1) is 5.92 Å². The largest absolute Gasteiger partial charge is 0.350 e. The molecule has 2 aliphatic heterocycles. The Bertz CT molecular complexity index is 1090. The van der Waals surface area contributed by atoms with Crippen LogP contribution < -0.4 is 5.56 Å². The lowest BCUT2D eigenvalue weighted by molar-refractivity contribution is -0.133. The van der Waals surface area contributed by atoms with Crippen LogP contribution in [0.3, 0.4) is 0 Å². The van der Waals surface area contributed by atoms with E-state index in [1.54, 1.807) is 6.07 Å². The number of carbonyl (C=O) groups excluding carboxylic acids is 1. The van der Waals surface area contributed by atoms with Crippen LogP contribution in [0.15, 0.2) is 53.5 Å². The molecule has 0 N–H and O–H groups in total. The van der Waals surface area contributed by atoms with Crippen molar-refractivity contribution in [3.8, 4) is 0 Å². The van der Waals surface area contributed by atoms with Crippen LogP contribution in [0.5, 0.6) is 0 Å². The van der Waals surface area contributed by atoms with Crippen molar-refractivity contribution in [2.45, 2.75) is 25.3 Å². The molecule has 2 aromatic heterocycles. The van der Waals surface area contributed by atoms with Gasteiger partial charge in [0.2, 0.25) is 5.91 Å². The van der Waals surface area contributed by atoms with Gasteiger partial charge in [0.15, 0.2) is 0 Å². The van der Waals surface area contributed by atoms with Gasteiger partial charge in [0.05, 0.1) is 6.42 Å². The molecule has 1 amide bonds. The minimum absolute atomic E-state index is 0.0812. The second-order valence-corrected chi connectivity index (χ2v) is 7.96. The first-order chi connectivity index (χ1) is 13.1. The minimum Gasteiger partial charge on any atom is -0.350 e. The summed E-state index contributed by atoms with van der Waals surface area (Å²) in [5, 5.41) is 1.16. The van der Waals surface area contributed by atoms with Gasteiger partial charge in [-0.05, 0) is 30.0 Å². The van der Waals surface area contributed by atoms with Crippen LogP contribution >= 0.6 is 0 Å². The second-order valence-electron chi connectivity index (χ2n) is 7.96. The van der Waals surface area contributed by atoms with E-state index in [9.17, 15) is 9.59 Å². The van der Waals surface area contributed by atoms with Crippen molar-refractivity contribution >= 4 is 16.8 Å². The summed E-state index contributed by atoms with van der Waals surface area (Å²) < 4.78 is 4.00. The van der Waals surface area contributed by atoms with E-state index >= 15 is 0 Å². The molecule has 5 nitrogen and oxygen atoms in total. The Hall–Kier alpha value is -2.82. The number of amides is 1. The molecule has 0 spiro atoms. The molecule has 4 heterocycles. The average molecular weight is 361 g/mol. The van der Waals surface area contributed by atoms with Crippen LogP contribution in [-0.4, -0.2) is 33.0 Å². The highest BCUT2D eigenvalue weighted by Gasteiger charge is 2.36. The zero-order valence-electron chi connectivity index (χ0n) is 15.5. The smallest absolute Gasteiger partial charge is 0.250 e. The SMILES string of the molecule is Cn1cc(CC(=O)N2C[C@@H]3C[C@H](C2)c2cccc(=O)n2C3)c2ccccc21. The molecule has 3 aromatic rings. The number of aryl methyl sites for hydroxylation is 1. The molecular formula is C22H23N3O2. The molecular weight excluding hydrogens is 338 g/mol. The monoisotopic (exact) mass is 361 g/mol. The van der Waals surface area contributed by atoms with Crippen LogP contribution in [0.1, 0.15) is 23.6 Å². The summed E-state index contributed by atoms with van der Waals surface area (Å²) in [6.45, 7) is 2.19. The molecule has 138 valence electrons. The molecule has 1 fully saturated rings. The van der Waals surface area contributed by atoms with Crippen LogP contribution in [0.2, 0.25) is 0 Å². The highest BCUT2D eigenvalue weighted by molar-refractivity contribution is 5.89. The Morgan fingerprint density at radius 1 is 1.07 bits per heavy atom. The second kappa shape index (κ2) is 6.12. The number of hydrogen-bond donors (Lipinski definition) is 0. The first kappa shape index (κ1) is 16.4. The summed E-state index contributed by atoms with van der Waals surface area (Å²) >= 11 is 0. The molecule has 0 unspecified atom stereocenters. The predicted molar refractivity (Wildman–Crippen MR) is 105 cm³/mol. The molecule has 1 saturated heterocycles. The highest BCUT2D eigenvalue weighted by atomic mass is 16.2. The normalized spacial score (nSPS) is 21.3. The number of hydrogen-bond acceptors (Lipinski definition) is 2. The topological polar surface area (TPSA) is 47.2 Å². The fraction of sp³-hybridized carbons (Fsp3) is 0.364. The average Bonchev–Trinajstić information content (AvgIpc) is 2.98. The van der Waals surface area contributed by atoms with Gasteiger partial charge in [0, 0.05) is 61.5 Å². The number of para-hydroxylation sites is 1. The molecule has 5 rings (SSSR count). The number of piperidine rings is 1. The maximum absolute atomic E-state index is 13.1. The standard InChI is InChI=1S/C22H23N3O2/c1-23-13-16(18-5-2-3-6-20(18)23)10-22(27)24-11-15-9-17(14-24)19-7-4-8-21(26)25(19)12-15/h2-8,13,15,17H,9-12,14H2,1H3/t15-,17+/m0/s1. The third kappa shape index (κ3) is 2.69. The zero-order valence-corrected chi connectivity index (χ0v) is 15.5. The van der Waals surface area contributed by atoms with Crippen molar-refractivity contribution in [3.05, 3.63) is 70.3 Å². The van der Waals surface area contributed by atoms with Crippen LogP contribution in [-0.2, 0) is 24.8 Å². The summed E-state index contributed by atoms with van der Waals surface area (Å²) in [7, 11) is 2.02. The maximum Gasteiger partial charge on any atom is 0.250 e. The quantitative estimate of drug-likeness (QED) is 0.704. The van der Waals surface area contributed by atoms with Gasteiger partial charge in [-0.15, -0.1) is 0 Å². The molecule has 2 atom stereocenters. The van der Waals surface area contributed by atoms with Gasteiger partial charge in [-0.25, -0.2) is 0 Å². The van der Waals surface area contributed by atoms with E-state index in [1.807, 2.05) is 40.8 Å². The van der Waals surface area contributed by atoms with Crippen molar-refractivity contribution in [1.29, 1.82) is 0 Å². The minimum atomic E-state index is 0.0812. The Morgan fingerprint density at radius 3 is 2.81 bits per heavy atom. The Kier molecular flexibility index (Phi) is 3.71. The first-order valence-electron chi connectivity index (χ1n) is 9.60. The number of rotatable bonds is 2. The Morgan fingerprint density at radius 2 is 1.93 bits per heavy atom. The van der Waals surface area contributed by atoms with E-state index in [2.05, 4.69) is 22.9 Å². The molecule has 2 bridgehead atoms. The van der Waals surface area contributed by atoms with Crippen molar-refractivity contribution in [2.75, 3.05) is 13.1 Å². The lowest BCUT2D eigenvalue weighted by Gasteiger charge is -2.42. The van der Waals surface area contributed by atoms with Crippen LogP contribution in [0.25, 0.3) is 10.9 Å². The highest BCUT2D eigenvalue weighted by Crippen LogP contribution is 2.35. The van der Waals surface area contributed by atoms with E-state index in [0.717, 1.165) is 41.7 Å². The Labute approximate surface area is 157 Å². The fourth-order valence-corrected chi connectivity index (χ4v) is 4.94. The van der Waals surface area contributed by atoms with Crippen molar-refractivity contribution in [1.82, 2.24) is 14.0 Å². The van der Waals surface area contributed by atoms with E-state index in [0.29, 0.717) is 18.9 Å². The molecule has 5 heteroatoms. The van der Waals surface area contributed by atoms with E-state index < -0.39 is 0 Å². The number of pyridine rings is 1. The van der Waals surface area contributed by atoms with Gasteiger partial charge in [-0.1, -0.05) is 24.3 Å². The number of carbonyl (C=O) groups is 1. The Balaban J connectivity index is 1.40. The number of nitrogens with zero attached hydrogens (tertiary/aromatic N) is 3. The fourth-order valence-electron chi connectivity index (χ4n) is 4.94. The summed E-state index contributed by atoms with van der Waals surface area (Å²) in [5.74, 6) is 0.823. The molecule has 0 radical (unpaired) electrons. The molecule has 0 saturated carbocycles. The van der Waals surface area contributed by atoms with Crippen LogP contribution in [0.4, 0.5) is 0 Å². The summed E-state index contributed by atoms with van der Waals surface area (Å²) in [5.41, 5.74) is 3.41. The van der Waals surface area contributed by atoms with E-state index in [-0.39, 0.29) is 17.4 Å². The van der Waals surface area contributed by atoms with Gasteiger partial charge in [-0.2, -0.15) is 0 Å². The summed E-state index contributed by atoms with van der Waals surface area (Å²) in [4.78, 5) is 27.3. The molecule has 27 heavy (non-hydrogen) atoms. The third-order valence-electron chi connectivity index (χ3n) is 6.15. The molecule has 2 aliphatic rings. The van der Waals surface area contributed by atoms with Gasteiger partial charge in [0.25, 0.3) is 5.56 Å². The van der Waals surface area contributed by atoms with Gasteiger partial charge in [-0.3, -0.25) is 9.59 Å². The van der Waals surface area contributed by atoms with Gasteiger partial charge < -0.3 is 14.0 Å². The summed E-state index contributed by atoms with van der Waals surface area (Å²) in [6.07, 6.45) is 3.58. The lowest BCUT2D eigenvalue weighted by atomic mass is 9.83. The van der Waals surface area contributed by atoms with Gasteiger partial charge in [0.1, 0.15) is 0 Å². The van der Waals surface area contributed by atoms with E-state index in [4.69, 9.17) is 0 Å². The van der Waals surface area contributed by atoms with Crippen molar-refractivity contribution in [2.24, 2.45) is 13.0 Å². The zero-order chi connectivity index (χ0) is 18.5. The van der Waals surface area contributed by atoms with Crippen molar-refractivity contribution < 1.29 is 4.79 Å².